The predicted molar refractivity (Wildman–Crippen MR) is 123 cm³/mol. The molecule has 2 atom stereocenters. The van der Waals surface area contributed by atoms with Gasteiger partial charge in [0.2, 0.25) is 10.0 Å². The van der Waals surface area contributed by atoms with E-state index in [0.29, 0.717) is 0 Å². The van der Waals surface area contributed by atoms with Gasteiger partial charge in [-0.05, 0) is 43.5 Å². The quantitative estimate of drug-likeness (QED) is 0.611. The van der Waals surface area contributed by atoms with Crippen molar-refractivity contribution in [2.45, 2.75) is 43.5 Å². The minimum absolute atomic E-state index is 0.124. The van der Waals surface area contributed by atoms with Gasteiger partial charge in [0.1, 0.15) is 6.04 Å². The lowest BCUT2D eigenvalue weighted by Gasteiger charge is -2.25. The summed E-state index contributed by atoms with van der Waals surface area (Å²) >= 11 is 0. The summed E-state index contributed by atoms with van der Waals surface area (Å²) in [6.07, 6.45) is 4.37. The monoisotopic (exact) mass is 453 g/mol. The maximum absolute atomic E-state index is 13.1. The summed E-state index contributed by atoms with van der Waals surface area (Å²) < 4.78 is 37.2. The Balaban J connectivity index is 0.000000433. The number of hydrogen-bond donors (Lipinski definition) is 1. The van der Waals surface area contributed by atoms with Crippen molar-refractivity contribution in [3.63, 3.8) is 0 Å². The van der Waals surface area contributed by atoms with Crippen LogP contribution in [-0.4, -0.2) is 50.5 Å². The van der Waals surface area contributed by atoms with Crippen LogP contribution in [0.5, 0.6) is 0 Å². The zero-order chi connectivity index (χ0) is 22.7. The number of carbonyl (C=O) groups is 1. The van der Waals surface area contributed by atoms with Crippen LogP contribution in [0.25, 0.3) is 10.9 Å². The van der Waals surface area contributed by atoms with Crippen LogP contribution in [0.15, 0.2) is 59.6 Å². The smallest absolute Gasteiger partial charge is 0.498 e. The highest BCUT2D eigenvalue weighted by Gasteiger charge is 2.47. The second-order valence-corrected chi connectivity index (χ2v) is 9.88. The molecule has 0 bridgehead atoms. The number of H-pyrrole nitrogens is 1. The van der Waals surface area contributed by atoms with Crippen LogP contribution in [0.4, 0.5) is 0 Å². The van der Waals surface area contributed by atoms with Crippen molar-refractivity contribution < 1.29 is 22.6 Å². The van der Waals surface area contributed by atoms with Gasteiger partial charge in [-0.15, -0.1) is 0 Å². The number of sulfonamides is 1. The van der Waals surface area contributed by atoms with Crippen molar-refractivity contribution in [1.82, 2.24) is 9.20 Å². The average molecular weight is 453 g/mol. The van der Waals surface area contributed by atoms with E-state index in [1.54, 1.807) is 12.1 Å². The Morgan fingerprint density at radius 3 is 2.44 bits per heavy atom. The first kappa shape index (κ1) is 22.6. The molecule has 3 heterocycles. The SMILES string of the molecule is C1CCOC1.Cc1ccc(S(=O)(=O)N2[B]OC(=O)[C@@H]2[C@H](C)c2c[nH]c3ccccc23)cc1. The molecule has 7 nitrogen and oxygen atoms in total. The predicted octanol–water partition coefficient (Wildman–Crippen LogP) is 3.53. The van der Waals surface area contributed by atoms with Crippen molar-refractivity contribution in [2.75, 3.05) is 13.2 Å². The number of nitrogens with zero attached hydrogens (tertiary/aromatic N) is 1. The molecule has 0 unspecified atom stereocenters. The van der Waals surface area contributed by atoms with Crippen molar-refractivity contribution >= 4 is 34.5 Å². The zero-order valence-electron chi connectivity index (χ0n) is 18.2. The highest BCUT2D eigenvalue weighted by Crippen LogP contribution is 2.34. The molecule has 2 aliphatic rings. The molecule has 9 heteroatoms. The van der Waals surface area contributed by atoms with Gasteiger partial charge in [-0.3, -0.25) is 4.79 Å². The second kappa shape index (κ2) is 9.48. The molecule has 167 valence electrons. The third kappa shape index (κ3) is 4.46. The van der Waals surface area contributed by atoms with Gasteiger partial charge in [0, 0.05) is 36.2 Å². The van der Waals surface area contributed by atoms with Crippen molar-refractivity contribution in [2.24, 2.45) is 0 Å². The van der Waals surface area contributed by atoms with Gasteiger partial charge in [0.25, 0.3) is 0 Å². The highest BCUT2D eigenvalue weighted by atomic mass is 32.2. The van der Waals surface area contributed by atoms with E-state index in [9.17, 15) is 13.2 Å². The van der Waals surface area contributed by atoms with E-state index in [4.69, 9.17) is 9.39 Å². The van der Waals surface area contributed by atoms with Crippen molar-refractivity contribution in [3.8, 4) is 0 Å². The highest BCUT2D eigenvalue weighted by molar-refractivity contribution is 7.90. The number of aromatic nitrogens is 1. The van der Waals surface area contributed by atoms with Gasteiger partial charge < -0.3 is 14.4 Å². The van der Waals surface area contributed by atoms with E-state index in [1.807, 2.05) is 44.3 Å². The maximum atomic E-state index is 13.1. The molecule has 1 N–H and O–H groups in total. The lowest BCUT2D eigenvalue weighted by atomic mass is 9.92. The molecule has 1 radical (unpaired) electrons. The van der Waals surface area contributed by atoms with E-state index in [0.717, 1.165) is 47.1 Å². The molecule has 0 aliphatic carbocycles. The number of ether oxygens (including phenoxy) is 1. The fourth-order valence-corrected chi connectivity index (χ4v) is 5.40. The van der Waals surface area contributed by atoms with Crippen LogP contribution < -0.4 is 0 Å². The van der Waals surface area contributed by atoms with Crippen LogP contribution in [-0.2, 0) is 24.2 Å². The zero-order valence-corrected chi connectivity index (χ0v) is 19.0. The number of hydrogen-bond acceptors (Lipinski definition) is 5. The molecule has 2 fully saturated rings. The van der Waals surface area contributed by atoms with Crippen molar-refractivity contribution in [1.29, 1.82) is 0 Å². The minimum Gasteiger partial charge on any atom is -0.520 e. The summed E-state index contributed by atoms with van der Waals surface area (Å²) in [6.45, 7) is 5.71. The molecule has 1 aromatic heterocycles. The summed E-state index contributed by atoms with van der Waals surface area (Å²) in [6, 6.07) is 13.3. The van der Waals surface area contributed by atoms with E-state index in [2.05, 4.69) is 4.98 Å². The summed E-state index contributed by atoms with van der Waals surface area (Å²) in [5.41, 5.74) is 2.75. The molecule has 0 saturated carbocycles. The Labute approximate surface area is 189 Å². The fourth-order valence-electron chi connectivity index (χ4n) is 3.96. The Hall–Kier alpha value is -2.62. The maximum Gasteiger partial charge on any atom is 0.498 e. The van der Waals surface area contributed by atoms with Gasteiger partial charge in [-0.2, -0.15) is 4.22 Å². The topological polar surface area (TPSA) is 88.7 Å². The number of fused-ring (bicyclic) bond motifs is 1. The molecule has 32 heavy (non-hydrogen) atoms. The molecular weight excluding hydrogens is 427 g/mol. The summed E-state index contributed by atoms with van der Waals surface area (Å²) in [5.74, 6) is -0.976. The van der Waals surface area contributed by atoms with Gasteiger partial charge in [-0.1, -0.05) is 42.8 Å². The van der Waals surface area contributed by atoms with E-state index in [-0.39, 0.29) is 4.90 Å². The Morgan fingerprint density at radius 1 is 1.09 bits per heavy atom. The molecule has 2 saturated heterocycles. The fraction of sp³-hybridized carbons (Fsp3) is 0.348. The van der Waals surface area contributed by atoms with Gasteiger partial charge in [0.15, 0.2) is 0 Å². The first-order valence-electron chi connectivity index (χ1n) is 10.7. The number of benzene rings is 2. The van der Waals surface area contributed by atoms with E-state index >= 15 is 0 Å². The van der Waals surface area contributed by atoms with Gasteiger partial charge >= 0.3 is 13.6 Å². The van der Waals surface area contributed by atoms with Crippen LogP contribution in [0.1, 0.15) is 36.8 Å². The number of rotatable bonds is 4. The summed E-state index contributed by atoms with van der Waals surface area (Å²) in [7, 11) is -2.90. The summed E-state index contributed by atoms with van der Waals surface area (Å²) in [5, 5.41) is 0.956. The number of para-hydroxylation sites is 1. The Bertz CT molecular complexity index is 1180. The van der Waals surface area contributed by atoms with Gasteiger partial charge in [0.05, 0.1) is 4.90 Å². The molecule has 5 rings (SSSR count). The molecular formula is C23H26BN2O5S. The van der Waals surface area contributed by atoms with E-state index in [1.165, 1.54) is 25.0 Å². The molecule has 0 spiro atoms. The third-order valence-electron chi connectivity index (χ3n) is 5.80. The van der Waals surface area contributed by atoms with Crippen molar-refractivity contribution in [3.05, 3.63) is 65.9 Å². The van der Waals surface area contributed by atoms with E-state index < -0.39 is 28.0 Å². The van der Waals surface area contributed by atoms with Crippen LogP contribution in [0.2, 0.25) is 0 Å². The third-order valence-corrected chi connectivity index (χ3v) is 7.53. The van der Waals surface area contributed by atoms with Crippen LogP contribution >= 0.6 is 0 Å². The average Bonchev–Trinajstić information content (AvgIpc) is 3.55. The lowest BCUT2D eigenvalue weighted by Crippen LogP contribution is -2.42. The first-order valence-corrected chi connectivity index (χ1v) is 12.1. The number of aryl methyl sites for hydroxylation is 1. The first-order chi connectivity index (χ1) is 15.4. The molecule has 2 aliphatic heterocycles. The molecule has 0 amide bonds. The number of nitrogens with one attached hydrogen (secondary N) is 1. The second-order valence-electron chi connectivity index (χ2n) is 8.03. The Kier molecular flexibility index (Phi) is 6.69. The lowest BCUT2D eigenvalue weighted by molar-refractivity contribution is -0.134. The van der Waals surface area contributed by atoms with Gasteiger partial charge in [-0.25, -0.2) is 8.42 Å². The number of carbonyl (C=O) groups excluding carboxylic acids is 1. The van der Waals surface area contributed by atoms with Crippen LogP contribution in [0, 0.1) is 6.92 Å². The summed E-state index contributed by atoms with van der Waals surface area (Å²) in [4.78, 5) is 15.7. The normalized spacial score (nSPS) is 19.8. The Morgan fingerprint density at radius 2 is 1.78 bits per heavy atom. The molecule has 3 aromatic rings. The van der Waals surface area contributed by atoms with Crippen LogP contribution in [0.3, 0.4) is 0 Å². The largest absolute Gasteiger partial charge is 0.520 e. The standard InChI is InChI=1S/C19H18BN2O4S.C4H8O/c1-12-7-9-14(10-8-12)27(24,25)22-18(19(23)26-20-22)13(2)16-11-21-17-6-4-3-5-15(16)17;1-2-4-5-3-1/h3-11,13,18,21H,1-2H3;1-4H2/t13-,18+;/m1./s1. The minimum atomic E-state index is -3.91. The molecule has 2 aromatic carbocycles. The number of aromatic amines is 1.